The molecule has 0 radical (unpaired) electrons. The smallest absolute Gasteiger partial charge is 0.335 e. The number of methoxy groups -OCH3 is 2. The first-order chi connectivity index (χ1) is 8.84. The minimum absolute atomic E-state index is 0.0167. The second kappa shape index (κ2) is 6.03. The molecule has 1 aromatic carbocycles. The van der Waals surface area contributed by atoms with Crippen molar-refractivity contribution in [2.45, 2.75) is 17.1 Å². The fourth-order valence-electron chi connectivity index (χ4n) is 1.57. The molecule has 0 aliphatic rings. The highest BCUT2D eigenvalue weighted by Gasteiger charge is 2.27. The van der Waals surface area contributed by atoms with Crippen LogP contribution in [0, 0.1) is 0 Å². The molecule has 0 aliphatic carbocycles. The summed E-state index contributed by atoms with van der Waals surface area (Å²) in [4.78, 5) is 10.8. The van der Waals surface area contributed by atoms with E-state index in [0.717, 1.165) is 6.07 Å². The van der Waals surface area contributed by atoms with Gasteiger partial charge in [0.05, 0.1) is 24.5 Å². The fourth-order valence-corrected chi connectivity index (χ4v) is 3.04. The lowest BCUT2D eigenvalue weighted by molar-refractivity contribution is 0.0696. The van der Waals surface area contributed by atoms with Gasteiger partial charge in [0, 0.05) is 7.11 Å². The molecule has 106 valence electrons. The molecule has 0 bridgehead atoms. The predicted octanol–water partition coefficient (Wildman–Crippen LogP) is 1.20. The van der Waals surface area contributed by atoms with Crippen LogP contribution in [0.15, 0.2) is 23.1 Å². The maximum Gasteiger partial charge on any atom is 0.335 e. The van der Waals surface area contributed by atoms with E-state index in [1.165, 1.54) is 33.3 Å². The number of rotatable bonds is 6. The van der Waals surface area contributed by atoms with Gasteiger partial charge in [0.15, 0.2) is 9.84 Å². The molecule has 1 aromatic rings. The normalized spacial score (nSPS) is 13.0. The third kappa shape index (κ3) is 3.24. The molecule has 0 amide bonds. The predicted molar refractivity (Wildman–Crippen MR) is 68.5 cm³/mol. The van der Waals surface area contributed by atoms with Crippen molar-refractivity contribution >= 4 is 15.8 Å². The Morgan fingerprint density at radius 3 is 2.47 bits per heavy atom. The lowest BCUT2D eigenvalue weighted by Gasteiger charge is -2.15. The average Bonchev–Trinajstić information content (AvgIpc) is 2.38. The zero-order valence-electron chi connectivity index (χ0n) is 10.9. The Bertz CT molecular complexity index is 564. The van der Waals surface area contributed by atoms with E-state index in [4.69, 9.17) is 14.6 Å². The highest BCUT2D eigenvalue weighted by molar-refractivity contribution is 7.92. The van der Waals surface area contributed by atoms with Gasteiger partial charge < -0.3 is 14.6 Å². The molecule has 0 aliphatic heterocycles. The van der Waals surface area contributed by atoms with Gasteiger partial charge in [0.1, 0.15) is 10.6 Å². The zero-order chi connectivity index (χ0) is 14.6. The van der Waals surface area contributed by atoms with Crippen LogP contribution in [0.3, 0.4) is 0 Å². The van der Waals surface area contributed by atoms with Crippen LogP contribution in [0.5, 0.6) is 5.75 Å². The summed E-state index contributed by atoms with van der Waals surface area (Å²) in [5, 5.41) is 8.12. The largest absolute Gasteiger partial charge is 0.495 e. The third-order valence-electron chi connectivity index (χ3n) is 2.65. The minimum atomic E-state index is -3.71. The van der Waals surface area contributed by atoms with Crippen LogP contribution in [-0.2, 0) is 14.6 Å². The molecule has 0 fully saturated rings. The van der Waals surface area contributed by atoms with Gasteiger partial charge in [-0.05, 0) is 25.1 Å². The average molecular weight is 288 g/mol. The molecule has 0 spiro atoms. The van der Waals surface area contributed by atoms with Crippen LogP contribution in [0.4, 0.5) is 0 Å². The molecular weight excluding hydrogens is 272 g/mol. The summed E-state index contributed by atoms with van der Waals surface area (Å²) in [6.45, 7) is 1.51. The maximum atomic E-state index is 12.3. The van der Waals surface area contributed by atoms with Crippen LogP contribution in [0.25, 0.3) is 0 Å². The van der Waals surface area contributed by atoms with E-state index in [1.807, 2.05) is 0 Å². The van der Waals surface area contributed by atoms with E-state index in [1.54, 1.807) is 0 Å². The number of hydrogen-bond acceptors (Lipinski definition) is 5. The van der Waals surface area contributed by atoms with Gasteiger partial charge in [0.25, 0.3) is 0 Å². The zero-order valence-corrected chi connectivity index (χ0v) is 11.7. The van der Waals surface area contributed by atoms with Gasteiger partial charge in [-0.2, -0.15) is 0 Å². The molecule has 1 atom stereocenters. The second-order valence-corrected chi connectivity index (χ2v) is 6.32. The van der Waals surface area contributed by atoms with E-state index >= 15 is 0 Å². The van der Waals surface area contributed by atoms with E-state index in [9.17, 15) is 13.2 Å². The molecule has 0 saturated carbocycles. The first-order valence-electron chi connectivity index (χ1n) is 5.48. The molecular formula is C12H16O6S. The maximum absolute atomic E-state index is 12.3. The standard InChI is InChI=1S/C12H16O6S/c1-8(7-17-2)19(15,16)11-6-9(12(13)14)4-5-10(11)18-3/h4-6,8H,7H2,1-3H3,(H,13,14). The first kappa shape index (κ1) is 15.5. The quantitative estimate of drug-likeness (QED) is 0.846. The SMILES string of the molecule is COCC(C)S(=O)(=O)c1cc(C(=O)O)ccc1OC. The number of benzene rings is 1. The van der Waals surface area contributed by atoms with Crippen LogP contribution in [0.1, 0.15) is 17.3 Å². The topological polar surface area (TPSA) is 89.9 Å². The van der Waals surface area contributed by atoms with Crippen molar-refractivity contribution in [3.05, 3.63) is 23.8 Å². The van der Waals surface area contributed by atoms with Gasteiger partial charge in [0.2, 0.25) is 0 Å². The molecule has 7 heteroatoms. The van der Waals surface area contributed by atoms with E-state index in [-0.39, 0.29) is 22.8 Å². The van der Waals surface area contributed by atoms with Crippen LogP contribution in [0.2, 0.25) is 0 Å². The Kier molecular flexibility index (Phi) is 4.90. The highest BCUT2D eigenvalue weighted by atomic mass is 32.2. The third-order valence-corrected chi connectivity index (χ3v) is 4.78. The van der Waals surface area contributed by atoms with Crippen molar-refractivity contribution in [3.8, 4) is 5.75 Å². The summed E-state index contributed by atoms with van der Waals surface area (Å²) in [6, 6.07) is 3.72. The Morgan fingerprint density at radius 2 is 2.00 bits per heavy atom. The Hall–Kier alpha value is -1.60. The van der Waals surface area contributed by atoms with Crippen molar-refractivity contribution in [3.63, 3.8) is 0 Å². The molecule has 1 unspecified atom stereocenters. The van der Waals surface area contributed by atoms with Gasteiger partial charge >= 0.3 is 5.97 Å². The molecule has 0 aromatic heterocycles. The highest BCUT2D eigenvalue weighted by Crippen LogP contribution is 2.28. The van der Waals surface area contributed by atoms with Crippen molar-refractivity contribution in [2.75, 3.05) is 20.8 Å². The number of carbonyl (C=O) groups is 1. The van der Waals surface area contributed by atoms with E-state index < -0.39 is 21.1 Å². The molecule has 0 saturated heterocycles. The van der Waals surface area contributed by atoms with Crippen LogP contribution in [-0.4, -0.2) is 45.6 Å². The number of sulfone groups is 1. The van der Waals surface area contributed by atoms with Crippen molar-refractivity contribution in [1.82, 2.24) is 0 Å². The number of carboxylic acid groups (broad SMARTS) is 1. The van der Waals surface area contributed by atoms with Crippen LogP contribution < -0.4 is 4.74 Å². The van der Waals surface area contributed by atoms with Gasteiger partial charge in [-0.15, -0.1) is 0 Å². The Morgan fingerprint density at radius 1 is 1.37 bits per heavy atom. The molecule has 1 N–H and O–H groups in total. The number of ether oxygens (including phenoxy) is 2. The number of hydrogen-bond donors (Lipinski definition) is 1. The lowest BCUT2D eigenvalue weighted by atomic mass is 10.2. The summed E-state index contributed by atoms with van der Waals surface area (Å²) in [6.07, 6.45) is 0. The monoisotopic (exact) mass is 288 g/mol. The number of carboxylic acids is 1. The van der Waals surface area contributed by atoms with E-state index in [0.29, 0.717) is 0 Å². The summed E-state index contributed by atoms with van der Waals surface area (Å²) >= 11 is 0. The van der Waals surface area contributed by atoms with Gasteiger partial charge in [-0.3, -0.25) is 0 Å². The van der Waals surface area contributed by atoms with Crippen molar-refractivity contribution in [2.24, 2.45) is 0 Å². The summed E-state index contributed by atoms with van der Waals surface area (Å²) in [5.74, 6) is -1.08. The van der Waals surface area contributed by atoms with Crippen LogP contribution >= 0.6 is 0 Å². The molecule has 6 nitrogen and oxygen atoms in total. The summed E-state index contributed by atoms with van der Waals surface area (Å²) in [7, 11) is -0.984. The van der Waals surface area contributed by atoms with Gasteiger partial charge in [-0.25, -0.2) is 13.2 Å². The first-order valence-corrected chi connectivity index (χ1v) is 7.03. The summed E-state index contributed by atoms with van der Waals surface area (Å²) in [5.41, 5.74) is -0.107. The number of aromatic carboxylic acids is 1. The fraction of sp³-hybridized carbons (Fsp3) is 0.417. The summed E-state index contributed by atoms with van der Waals surface area (Å²) < 4.78 is 34.5. The molecule has 19 heavy (non-hydrogen) atoms. The lowest BCUT2D eigenvalue weighted by Crippen LogP contribution is -2.23. The second-order valence-electron chi connectivity index (χ2n) is 3.98. The van der Waals surface area contributed by atoms with Crippen molar-refractivity contribution in [1.29, 1.82) is 0 Å². The van der Waals surface area contributed by atoms with Crippen molar-refractivity contribution < 1.29 is 27.8 Å². The minimum Gasteiger partial charge on any atom is -0.495 e. The molecule has 0 heterocycles. The molecule has 1 rings (SSSR count). The van der Waals surface area contributed by atoms with Gasteiger partial charge in [-0.1, -0.05) is 0 Å². The Labute approximate surface area is 111 Å². The Balaban J connectivity index is 3.38. The van der Waals surface area contributed by atoms with E-state index in [2.05, 4.69) is 0 Å².